The molecule has 0 saturated carbocycles. The van der Waals surface area contributed by atoms with Crippen LogP contribution in [0, 0.1) is 0 Å². The normalized spacial score (nSPS) is 12.7. The quantitative estimate of drug-likeness (QED) is 0.693. The predicted octanol–water partition coefficient (Wildman–Crippen LogP) is 1.92. The maximum Gasteiger partial charge on any atom is 0.304 e. The minimum Gasteiger partial charge on any atom is -0.508 e. The summed E-state index contributed by atoms with van der Waals surface area (Å²) in [5.74, 6) is -3.79. The first-order valence-electron chi connectivity index (χ1n) is 4.43. The van der Waals surface area contributed by atoms with Gasteiger partial charge in [-0.25, -0.2) is 8.78 Å². The second-order valence-electron chi connectivity index (χ2n) is 3.28. The monoisotopic (exact) mass is 232 g/mol. The number of phenols is 2. The van der Waals surface area contributed by atoms with Crippen LogP contribution in [0.25, 0.3) is 0 Å². The van der Waals surface area contributed by atoms with Crippen LogP contribution in [0.5, 0.6) is 11.5 Å². The summed E-state index contributed by atoms with van der Waals surface area (Å²) in [5, 5.41) is 26.9. The van der Waals surface area contributed by atoms with Crippen molar-refractivity contribution in [2.75, 3.05) is 0 Å². The van der Waals surface area contributed by atoms with E-state index >= 15 is 0 Å². The SMILES string of the molecule is O=C(O)CC(c1cc(O)ccc1O)C(F)F. The number of hydrogen-bond donors (Lipinski definition) is 3. The minimum absolute atomic E-state index is 0.266. The molecule has 0 aromatic heterocycles. The first-order valence-corrected chi connectivity index (χ1v) is 4.43. The molecule has 0 radical (unpaired) electrons. The number of benzene rings is 1. The number of aromatic hydroxyl groups is 2. The number of alkyl halides is 2. The number of phenolic OH excluding ortho intramolecular Hbond substituents is 2. The average Bonchev–Trinajstić information content (AvgIpc) is 2.18. The molecule has 1 aromatic rings. The molecule has 1 aromatic carbocycles. The van der Waals surface area contributed by atoms with Crippen LogP contribution < -0.4 is 0 Å². The highest BCUT2D eigenvalue weighted by atomic mass is 19.3. The van der Waals surface area contributed by atoms with E-state index < -0.39 is 30.5 Å². The molecule has 0 saturated heterocycles. The van der Waals surface area contributed by atoms with Gasteiger partial charge >= 0.3 is 5.97 Å². The summed E-state index contributed by atoms with van der Waals surface area (Å²) in [7, 11) is 0. The van der Waals surface area contributed by atoms with Gasteiger partial charge in [-0.1, -0.05) is 0 Å². The van der Waals surface area contributed by atoms with E-state index in [1.54, 1.807) is 0 Å². The smallest absolute Gasteiger partial charge is 0.304 e. The lowest BCUT2D eigenvalue weighted by molar-refractivity contribution is -0.138. The summed E-state index contributed by atoms with van der Waals surface area (Å²) in [5.41, 5.74) is -0.266. The molecule has 0 fully saturated rings. The van der Waals surface area contributed by atoms with Crippen molar-refractivity contribution in [1.29, 1.82) is 0 Å². The van der Waals surface area contributed by atoms with Gasteiger partial charge in [-0.2, -0.15) is 0 Å². The van der Waals surface area contributed by atoms with E-state index in [0.29, 0.717) is 0 Å². The Morgan fingerprint density at radius 1 is 1.31 bits per heavy atom. The molecule has 6 heteroatoms. The summed E-state index contributed by atoms with van der Waals surface area (Å²) in [6, 6.07) is 3.11. The fraction of sp³-hybridized carbons (Fsp3) is 0.300. The van der Waals surface area contributed by atoms with Crippen molar-refractivity contribution in [3.8, 4) is 11.5 Å². The van der Waals surface area contributed by atoms with Gasteiger partial charge in [-0.05, 0) is 18.2 Å². The minimum atomic E-state index is -2.93. The van der Waals surface area contributed by atoms with Crippen LogP contribution >= 0.6 is 0 Å². The van der Waals surface area contributed by atoms with E-state index in [1.807, 2.05) is 0 Å². The Hall–Kier alpha value is -1.85. The van der Waals surface area contributed by atoms with Gasteiger partial charge in [-0.15, -0.1) is 0 Å². The molecule has 1 atom stereocenters. The van der Waals surface area contributed by atoms with Gasteiger partial charge in [0.25, 0.3) is 0 Å². The molecule has 0 aliphatic rings. The van der Waals surface area contributed by atoms with E-state index in [9.17, 15) is 18.7 Å². The number of rotatable bonds is 4. The second kappa shape index (κ2) is 4.78. The Kier molecular flexibility index (Phi) is 3.65. The van der Waals surface area contributed by atoms with E-state index in [-0.39, 0.29) is 11.3 Å². The number of carboxylic acids is 1. The van der Waals surface area contributed by atoms with E-state index in [0.717, 1.165) is 18.2 Å². The molecular weight excluding hydrogens is 222 g/mol. The highest BCUT2D eigenvalue weighted by molar-refractivity contribution is 5.68. The molecule has 0 aliphatic heterocycles. The first kappa shape index (κ1) is 12.2. The molecule has 0 amide bonds. The fourth-order valence-electron chi connectivity index (χ4n) is 1.36. The third-order valence-electron chi connectivity index (χ3n) is 2.11. The van der Waals surface area contributed by atoms with Crippen molar-refractivity contribution < 1.29 is 28.9 Å². The van der Waals surface area contributed by atoms with Gasteiger partial charge in [-0.3, -0.25) is 4.79 Å². The Morgan fingerprint density at radius 2 is 1.94 bits per heavy atom. The van der Waals surface area contributed by atoms with Crippen molar-refractivity contribution in [3.05, 3.63) is 23.8 Å². The number of carboxylic acid groups (broad SMARTS) is 1. The topological polar surface area (TPSA) is 77.8 Å². The van der Waals surface area contributed by atoms with Gasteiger partial charge < -0.3 is 15.3 Å². The van der Waals surface area contributed by atoms with Crippen LogP contribution in [0.2, 0.25) is 0 Å². The summed E-state index contributed by atoms with van der Waals surface area (Å²) in [6.07, 6.45) is -3.74. The van der Waals surface area contributed by atoms with Crippen LogP contribution in [0.1, 0.15) is 17.9 Å². The molecule has 88 valence electrons. The number of halogens is 2. The zero-order chi connectivity index (χ0) is 12.3. The lowest BCUT2D eigenvalue weighted by Gasteiger charge is -2.15. The maximum absolute atomic E-state index is 12.6. The highest BCUT2D eigenvalue weighted by Crippen LogP contribution is 2.35. The molecule has 1 unspecified atom stereocenters. The lowest BCUT2D eigenvalue weighted by atomic mass is 9.95. The molecule has 0 bridgehead atoms. The summed E-state index contributed by atoms with van der Waals surface area (Å²) >= 11 is 0. The van der Waals surface area contributed by atoms with Crippen molar-refractivity contribution >= 4 is 5.97 Å². The Morgan fingerprint density at radius 3 is 2.44 bits per heavy atom. The molecule has 16 heavy (non-hydrogen) atoms. The molecule has 4 nitrogen and oxygen atoms in total. The molecule has 0 aliphatic carbocycles. The van der Waals surface area contributed by atoms with Crippen molar-refractivity contribution in [3.63, 3.8) is 0 Å². The van der Waals surface area contributed by atoms with E-state index in [2.05, 4.69) is 0 Å². The second-order valence-corrected chi connectivity index (χ2v) is 3.28. The summed E-state index contributed by atoms with van der Waals surface area (Å²) in [6.45, 7) is 0. The van der Waals surface area contributed by atoms with Crippen LogP contribution in [0.4, 0.5) is 8.78 Å². The third-order valence-corrected chi connectivity index (χ3v) is 2.11. The van der Waals surface area contributed by atoms with Gasteiger partial charge in [0.1, 0.15) is 11.5 Å². The average molecular weight is 232 g/mol. The Labute approximate surface area is 89.8 Å². The van der Waals surface area contributed by atoms with Gasteiger partial charge in [0.2, 0.25) is 6.43 Å². The summed E-state index contributed by atoms with van der Waals surface area (Å²) < 4.78 is 25.2. The Bertz CT molecular complexity index is 392. The van der Waals surface area contributed by atoms with E-state index in [1.165, 1.54) is 0 Å². The molecule has 1 rings (SSSR count). The molecule has 0 spiro atoms. The fourth-order valence-corrected chi connectivity index (χ4v) is 1.36. The summed E-state index contributed by atoms with van der Waals surface area (Å²) in [4.78, 5) is 10.4. The van der Waals surface area contributed by atoms with Crippen molar-refractivity contribution in [2.45, 2.75) is 18.8 Å². The lowest BCUT2D eigenvalue weighted by Crippen LogP contribution is -2.14. The van der Waals surface area contributed by atoms with Gasteiger partial charge in [0.15, 0.2) is 0 Å². The number of carbonyl (C=O) groups is 1. The van der Waals surface area contributed by atoms with Crippen LogP contribution in [-0.2, 0) is 4.79 Å². The Balaban J connectivity index is 3.09. The van der Waals surface area contributed by atoms with Crippen LogP contribution in [0.15, 0.2) is 18.2 Å². The van der Waals surface area contributed by atoms with Gasteiger partial charge in [0.05, 0.1) is 12.3 Å². The van der Waals surface area contributed by atoms with Crippen molar-refractivity contribution in [1.82, 2.24) is 0 Å². The molecule has 3 N–H and O–H groups in total. The van der Waals surface area contributed by atoms with E-state index in [4.69, 9.17) is 10.2 Å². The predicted molar refractivity (Wildman–Crippen MR) is 50.8 cm³/mol. The van der Waals surface area contributed by atoms with Gasteiger partial charge in [0, 0.05) is 5.56 Å². The van der Waals surface area contributed by atoms with Crippen LogP contribution in [0.3, 0.4) is 0 Å². The number of hydrogen-bond acceptors (Lipinski definition) is 3. The van der Waals surface area contributed by atoms with Crippen LogP contribution in [-0.4, -0.2) is 27.7 Å². The zero-order valence-corrected chi connectivity index (χ0v) is 8.10. The van der Waals surface area contributed by atoms with Crippen molar-refractivity contribution in [2.24, 2.45) is 0 Å². The number of aliphatic carboxylic acids is 1. The third kappa shape index (κ3) is 2.82. The molecular formula is C10H10F2O4. The standard InChI is InChI=1S/C10H10F2O4/c11-10(12)7(4-9(15)16)6-3-5(13)1-2-8(6)14/h1-3,7,10,13-14H,4H2,(H,15,16). The first-order chi connectivity index (χ1) is 7.41. The largest absolute Gasteiger partial charge is 0.508 e. The highest BCUT2D eigenvalue weighted by Gasteiger charge is 2.27. The maximum atomic E-state index is 12.6. The zero-order valence-electron chi connectivity index (χ0n) is 8.10. The molecule has 0 heterocycles.